The van der Waals surface area contributed by atoms with E-state index in [1.165, 1.54) is 24.3 Å². The van der Waals surface area contributed by atoms with Crippen LogP contribution in [0.4, 0.5) is 30.2 Å². The Morgan fingerprint density at radius 1 is 0.800 bits per heavy atom. The Hall–Kier alpha value is -3.57. The van der Waals surface area contributed by atoms with Gasteiger partial charge in [-0.2, -0.15) is 18.3 Å². The van der Waals surface area contributed by atoms with Crippen molar-refractivity contribution in [2.75, 3.05) is 41.4 Å². The van der Waals surface area contributed by atoms with Gasteiger partial charge < -0.3 is 9.80 Å². The second-order valence-corrected chi connectivity index (χ2v) is 9.61. The number of alkyl halides is 3. The second-order valence-electron chi connectivity index (χ2n) is 8.05. The molecule has 11 heteroatoms. The van der Waals surface area contributed by atoms with Crippen LogP contribution in [0.5, 0.6) is 0 Å². The first-order valence-electron chi connectivity index (χ1n) is 10.8. The molecule has 3 aromatic rings. The summed E-state index contributed by atoms with van der Waals surface area (Å²) in [6, 6.07) is 19.1. The third-order valence-corrected chi connectivity index (χ3v) is 6.62. The van der Waals surface area contributed by atoms with Gasteiger partial charge in [0.15, 0.2) is 0 Å². The number of nitrogens with zero attached hydrogens (tertiary/aromatic N) is 3. The molecule has 0 aliphatic carbocycles. The zero-order chi connectivity index (χ0) is 25.1. The van der Waals surface area contributed by atoms with Gasteiger partial charge >= 0.3 is 6.18 Å². The van der Waals surface area contributed by atoms with Crippen molar-refractivity contribution in [2.45, 2.75) is 11.1 Å². The van der Waals surface area contributed by atoms with Gasteiger partial charge in [0.05, 0.1) is 22.4 Å². The number of anilines is 3. The number of nitrogens with one attached hydrogen (secondary N) is 1. The van der Waals surface area contributed by atoms with Crippen molar-refractivity contribution in [1.29, 1.82) is 0 Å². The van der Waals surface area contributed by atoms with Crippen molar-refractivity contribution >= 4 is 33.3 Å². The minimum atomic E-state index is -4.33. The Kier molecular flexibility index (Phi) is 6.99. The summed E-state index contributed by atoms with van der Waals surface area (Å²) < 4.78 is 60.9. The molecule has 3 N–H and O–H groups in total. The van der Waals surface area contributed by atoms with Crippen LogP contribution in [0.25, 0.3) is 0 Å². The molecule has 0 bridgehead atoms. The van der Waals surface area contributed by atoms with Crippen LogP contribution in [0.2, 0.25) is 0 Å². The first kappa shape index (κ1) is 24.6. The molecule has 0 amide bonds. The molecule has 4 rings (SSSR count). The lowest BCUT2D eigenvalue weighted by atomic mass is 10.1. The van der Waals surface area contributed by atoms with Gasteiger partial charge in [0.1, 0.15) is 0 Å². The lowest BCUT2D eigenvalue weighted by molar-refractivity contribution is -0.137. The van der Waals surface area contributed by atoms with E-state index in [-0.39, 0.29) is 4.90 Å². The lowest BCUT2D eigenvalue weighted by Gasteiger charge is -2.37. The Bertz CT molecular complexity index is 1270. The molecule has 35 heavy (non-hydrogen) atoms. The molecule has 0 spiro atoms. The van der Waals surface area contributed by atoms with E-state index < -0.39 is 21.8 Å². The Morgan fingerprint density at radius 2 is 1.29 bits per heavy atom. The highest BCUT2D eigenvalue weighted by Gasteiger charge is 2.30. The molecule has 0 radical (unpaired) electrons. The van der Waals surface area contributed by atoms with Crippen molar-refractivity contribution in [1.82, 2.24) is 0 Å². The van der Waals surface area contributed by atoms with Gasteiger partial charge in [-0.05, 0) is 66.2 Å². The minimum absolute atomic E-state index is 0.0304. The summed E-state index contributed by atoms with van der Waals surface area (Å²) >= 11 is 0. The number of halogens is 3. The fourth-order valence-corrected chi connectivity index (χ4v) is 4.27. The molecule has 0 atom stereocenters. The topological polar surface area (TPSA) is 91.0 Å². The summed E-state index contributed by atoms with van der Waals surface area (Å²) in [4.78, 5) is 4.34. The van der Waals surface area contributed by atoms with E-state index in [0.717, 1.165) is 42.2 Å². The number of sulfonamides is 1. The SMILES string of the molecule is NS(=O)(=O)c1ccc(N/N=C/c2ccc(N3CCN(c4ccc(C(F)(F)F)cc4)CC3)cc2)cc1. The normalized spacial score (nSPS) is 15.0. The third kappa shape index (κ3) is 6.31. The summed E-state index contributed by atoms with van der Waals surface area (Å²) in [5.74, 6) is 0. The highest BCUT2D eigenvalue weighted by atomic mass is 32.2. The number of piperazine rings is 1. The van der Waals surface area contributed by atoms with Crippen molar-refractivity contribution in [3.05, 3.63) is 83.9 Å². The average molecular weight is 504 g/mol. The summed E-state index contributed by atoms with van der Waals surface area (Å²) in [6.07, 6.45) is -2.68. The van der Waals surface area contributed by atoms with Gasteiger partial charge in [0, 0.05) is 37.6 Å². The van der Waals surface area contributed by atoms with Crippen LogP contribution < -0.4 is 20.4 Å². The van der Waals surface area contributed by atoms with Crippen LogP contribution in [-0.2, 0) is 16.2 Å². The highest BCUT2D eigenvalue weighted by Crippen LogP contribution is 2.31. The van der Waals surface area contributed by atoms with Gasteiger partial charge in [0.25, 0.3) is 0 Å². The molecule has 0 unspecified atom stereocenters. The lowest BCUT2D eigenvalue weighted by Crippen LogP contribution is -2.46. The third-order valence-electron chi connectivity index (χ3n) is 5.69. The van der Waals surface area contributed by atoms with Crippen molar-refractivity contribution in [2.24, 2.45) is 10.2 Å². The zero-order valence-electron chi connectivity index (χ0n) is 18.6. The molecule has 1 heterocycles. The fraction of sp³-hybridized carbons (Fsp3) is 0.208. The molecule has 7 nitrogen and oxygen atoms in total. The summed E-state index contributed by atoms with van der Waals surface area (Å²) in [5, 5.41) is 9.25. The molecule has 1 aliphatic heterocycles. The van der Waals surface area contributed by atoms with Crippen molar-refractivity contribution in [3.8, 4) is 0 Å². The Labute approximate surface area is 201 Å². The first-order chi connectivity index (χ1) is 16.6. The highest BCUT2D eigenvalue weighted by molar-refractivity contribution is 7.89. The Balaban J connectivity index is 1.29. The summed E-state index contributed by atoms with van der Waals surface area (Å²) in [6.45, 7) is 2.93. The molecule has 0 aromatic heterocycles. The maximum atomic E-state index is 12.8. The average Bonchev–Trinajstić information content (AvgIpc) is 2.84. The van der Waals surface area contributed by atoms with Crippen molar-refractivity contribution in [3.63, 3.8) is 0 Å². The minimum Gasteiger partial charge on any atom is -0.368 e. The molecular weight excluding hydrogens is 479 g/mol. The standard InChI is InChI=1S/C24H24F3N5O2S/c25-24(26,27)19-3-9-22(10-4-19)32-15-13-31(14-16-32)21-7-1-18(2-8-21)17-29-30-20-5-11-23(12-6-20)35(28,33)34/h1-12,17,30H,13-16H2,(H2,28,33,34)/b29-17+. The van der Waals surface area contributed by atoms with Crippen LogP contribution in [-0.4, -0.2) is 40.8 Å². The van der Waals surface area contributed by atoms with E-state index in [2.05, 4.69) is 20.3 Å². The number of nitrogens with two attached hydrogens (primary N) is 1. The van der Waals surface area contributed by atoms with Gasteiger partial charge in [-0.25, -0.2) is 13.6 Å². The van der Waals surface area contributed by atoms with Crippen LogP contribution in [0.15, 0.2) is 82.8 Å². The number of hydrazone groups is 1. The second kappa shape index (κ2) is 9.96. The smallest absolute Gasteiger partial charge is 0.368 e. The monoisotopic (exact) mass is 503 g/mol. The molecule has 1 aliphatic rings. The van der Waals surface area contributed by atoms with E-state index in [0.29, 0.717) is 18.8 Å². The molecule has 3 aromatic carbocycles. The van der Waals surface area contributed by atoms with E-state index in [1.54, 1.807) is 18.3 Å². The number of benzene rings is 3. The predicted molar refractivity (Wildman–Crippen MR) is 131 cm³/mol. The van der Waals surface area contributed by atoms with Crippen LogP contribution in [0, 0.1) is 0 Å². The molecular formula is C24H24F3N5O2S. The number of rotatable bonds is 6. The zero-order valence-corrected chi connectivity index (χ0v) is 19.4. The van der Waals surface area contributed by atoms with E-state index in [1.807, 2.05) is 24.3 Å². The summed E-state index contributed by atoms with van der Waals surface area (Å²) in [7, 11) is -3.73. The first-order valence-corrected chi connectivity index (χ1v) is 12.3. The van der Waals surface area contributed by atoms with Crippen LogP contribution in [0.1, 0.15) is 11.1 Å². The molecule has 1 saturated heterocycles. The quantitative estimate of drug-likeness (QED) is 0.390. The fourth-order valence-electron chi connectivity index (χ4n) is 3.76. The van der Waals surface area contributed by atoms with E-state index in [9.17, 15) is 21.6 Å². The number of primary sulfonamides is 1. The maximum Gasteiger partial charge on any atom is 0.416 e. The Morgan fingerprint density at radius 3 is 1.74 bits per heavy atom. The van der Waals surface area contributed by atoms with Gasteiger partial charge in [0.2, 0.25) is 10.0 Å². The van der Waals surface area contributed by atoms with Crippen LogP contribution in [0.3, 0.4) is 0 Å². The summed E-state index contributed by atoms with van der Waals surface area (Å²) in [5.41, 5.74) is 5.54. The predicted octanol–water partition coefficient (Wildman–Crippen LogP) is 4.13. The largest absolute Gasteiger partial charge is 0.416 e. The van der Waals surface area contributed by atoms with Gasteiger partial charge in [-0.3, -0.25) is 5.43 Å². The van der Waals surface area contributed by atoms with E-state index in [4.69, 9.17) is 5.14 Å². The number of hydrogen-bond acceptors (Lipinski definition) is 6. The van der Waals surface area contributed by atoms with E-state index >= 15 is 0 Å². The van der Waals surface area contributed by atoms with Gasteiger partial charge in [-0.15, -0.1) is 0 Å². The van der Waals surface area contributed by atoms with Crippen molar-refractivity contribution < 1.29 is 21.6 Å². The van der Waals surface area contributed by atoms with Gasteiger partial charge in [-0.1, -0.05) is 12.1 Å². The molecule has 0 saturated carbocycles. The molecule has 1 fully saturated rings. The molecule has 184 valence electrons. The maximum absolute atomic E-state index is 12.8. The van der Waals surface area contributed by atoms with Crippen LogP contribution >= 0.6 is 0 Å². The number of hydrogen-bond donors (Lipinski definition) is 2.